The Morgan fingerprint density at radius 1 is 1.05 bits per heavy atom. The molecule has 0 radical (unpaired) electrons. The molecule has 0 aromatic heterocycles. The van der Waals surface area contributed by atoms with Crippen LogP contribution in [0.25, 0.3) is 0 Å². The quantitative estimate of drug-likeness (QED) is 0.652. The first kappa shape index (κ1) is 13.0. The van der Waals surface area contributed by atoms with Crippen LogP contribution in [0.5, 0.6) is 17.2 Å². The second-order valence-electron chi connectivity index (χ2n) is 4.19. The van der Waals surface area contributed by atoms with Crippen LogP contribution < -0.4 is 15.2 Å². The molecule has 98 valence electrons. The smallest absolute Gasteiger partial charge is 0.169 e. The van der Waals surface area contributed by atoms with Gasteiger partial charge in [0.05, 0.1) is 7.11 Å². The summed E-state index contributed by atoms with van der Waals surface area (Å²) in [5, 5.41) is 7.33. The van der Waals surface area contributed by atoms with Gasteiger partial charge in [0.15, 0.2) is 11.5 Å². The fourth-order valence-electron chi connectivity index (χ4n) is 1.69. The maximum absolute atomic E-state index is 7.33. The number of nitrogen functional groups attached to an aromatic ring is 1. The molecule has 19 heavy (non-hydrogen) atoms. The molecule has 4 heteroatoms. The van der Waals surface area contributed by atoms with Crippen LogP contribution in [0.1, 0.15) is 11.1 Å². The zero-order chi connectivity index (χ0) is 13.8. The number of methoxy groups -OCH3 is 1. The summed E-state index contributed by atoms with van der Waals surface area (Å²) in [4.78, 5) is 0. The SMILES string of the molecule is COc1cc(C)ccc1Oc1ccc(C(=N)N)cc1. The summed E-state index contributed by atoms with van der Waals surface area (Å²) in [5.74, 6) is 2.06. The van der Waals surface area contributed by atoms with E-state index in [0.717, 1.165) is 5.56 Å². The van der Waals surface area contributed by atoms with E-state index in [9.17, 15) is 0 Å². The fraction of sp³-hybridized carbons (Fsp3) is 0.133. The summed E-state index contributed by atoms with van der Waals surface area (Å²) in [6.07, 6.45) is 0. The molecule has 0 atom stereocenters. The van der Waals surface area contributed by atoms with Gasteiger partial charge in [-0.1, -0.05) is 6.07 Å². The molecule has 3 N–H and O–H groups in total. The third-order valence-electron chi connectivity index (χ3n) is 2.71. The Morgan fingerprint density at radius 2 is 1.74 bits per heavy atom. The number of hydrogen-bond donors (Lipinski definition) is 2. The van der Waals surface area contributed by atoms with Crippen molar-refractivity contribution in [1.29, 1.82) is 5.41 Å². The molecule has 0 bridgehead atoms. The molecule has 4 nitrogen and oxygen atoms in total. The second kappa shape index (κ2) is 5.44. The molecule has 0 fully saturated rings. The van der Waals surface area contributed by atoms with Crippen LogP contribution in [0.15, 0.2) is 42.5 Å². The van der Waals surface area contributed by atoms with E-state index < -0.39 is 0 Å². The van der Waals surface area contributed by atoms with Crippen LogP contribution in [0, 0.1) is 12.3 Å². The molecule has 0 saturated carbocycles. The number of nitrogens with one attached hydrogen (secondary N) is 1. The van der Waals surface area contributed by atoms with Gasteiger partial charge in [0.2, 0.25) is 0 Å². The van der Waals surface area contributed by atoms with Gasteiger partial charge in [-0.25, -0.2) is 0 Å². The van der Waals surface area contributed by atoms with E-state index in [0.29, 0.717) is 22.8 Å². The highest BCUT2D eigenvalue weighted by Gasteiger charge is 2.06. The van der Waals surface area contributed by atoms with Crippen LogP contribution >= 0.6 is 0 Å². The predicted octanol–water partition coefficient (Wildman–Crippen LogP) is 3.08. The average molecular weight is 256 g/mol. The van der Waals surface area contributed by atoms with Gasteiger partial charge in [-0.3, -0.25) is 5.41 Å². The molecule has 0 saturated heterocycles. The predicted molar refractivity (Wildman–Crippen MR) is 75.3 cm³/mol. The third kappa shape index (κ3) is 3.04. The molecule has 0 aliphatic rings. The number of nitrogens with two attached hydrogens (primary N) is 1. The molecule has 0 heterocycles. The highest BCUT2D eigenvalue weighted by molar-refractivity contribution is 5.94. The first-order valence-electron chi connectivity index (χ1n) is 5.87. The third-order valence-corrected chi connectivity index (χ3v) is 2.71. The lowest BCUT2D eigenvalue weighted by molar-refractivity contribution is 0.378. The minimum Gasteiger partial charge on any atom is -0.493 e. The molecule has 2 aromatic carbocycles. The Kier molecular flexibility index (Phi) is 3.71. The number of amidine groups is 1. The molecular formula is C15H16N2O2. The standard InChI is InChI=1S/C15H16N2O2/c1-10-3-8-13(14(9-10)18-2)19-12-6-4-11(5-7-12)15(16)17/h3-9H,1-2H3,(H3,16,17). The van der Waals surface area contributed by atoms with E-state index in [1.807, 2.05) is 25.1 Å². The van der Waals surface area contributed by atoms with Gasteiger partial charge < -0.3 is 15.2 Å². The van der Waals surface area contributed by atoms with E-state index in [1.54, 1.807) is 31.4 Å². The lowest BCUT2D eigenvalue weighted by Crippen LogP contribution is -2.10. The molecule has 2 rings (SSSR count). The van der Waals surface area contributed by atoms with E-state index in [4.69, 9.17) is 20.6 Å². The van der Waals surface area contributed by atoms with E-state index in [-0.39, 0.29) is 5.84 Å². The van der Waals surface area contributed by atoms with Gasteiger partial charge in [0.25, 0.3) is 0 Å². The Labute approximate surface area is 112 Å². The molecule has 0 amide bonds. The van der Waals surface area contributed by atoms with Crippen molar-refractivity contribution in [2.75, 3.05) is 7.11 Å². The monoisotopic (exact) mass is 256 g/mol. The average Bonchev–Trinajstić information content (AvgIpc) is 2.41. The summed E-state index contributed by atoms with van der Waals surface area (Å²) >= 11 is 0. The van der Waals surface area contributed by atoms with Crippen LogP contribution in [0.3, 0.4) is 0 Å². The van der Waals surface area contributed by atoms with Crippen LogP contribution in [-0.2, 0) is 0 Å². The molecule has 0 unspecified atom stereocenters. The van der Waals surface area contributed by atoms with Crippen molar-refractivity contribution in [1.82, 2.24) is 0 Å². The molecule has 0 aliphatic carbocycles. The summed E-state index contributed by atoms with van der Waals surface area (Å²) in [5.41, 5.74) is 7.18. The summed E-state index contributed by atoms with van der Waals surface area (Å²) in [6.45, 7) is 1.99. The van der Waals surface area contributed by atoms with Crippen molar-refractivity contribution < 1.29 is 9.47 Å². The zero-order valence-electron chi connectivity index (χ0n) is 10.9. The maximum Gasteiger partial charge on any atom is 0.169 e. The van der Waals surface area contributed by atoms with Crippen molar-refractivity contribution in [2.24, 2.45) is 5.73 Å². The maximum atomic E-state index is 7.33. The Bertz CT molecular complexity index is 592. The highest BCUT2D eigenvalue weighted by Crippen LogP contribution is 2.32. The van der Waals surface area contributed by atoms with Crippen molar-refractivity contribution in [2.45, 2.75) is 6.92 Å². The first-order chi connectivity index (χ1) is 9.10. The van der Waals surface area contributed by atoms with Crippen LogP contribution in [-0.4, -0.2) is 12.9 Å². The molecule has 2 aromatic rings. The number of hydrogen-bond acceptors (Lipinski definition) is 3. The number of ether oxygens (including phenoxy) is 2. The largest absolute Gasteiger partial charge is 0.493 e. The number of rotatable bonds is 4. The van der Waals surface area contributed by atoms with Gasteiger partial charge in [-0.05, 0) is 48.9 Å². The topological polar surface area (TPSA) is 68.3 Å². The first-order valence-corrected chi connectivity index (χ1v) is 5.87. The normalized spacial score (nSPS) is 10.0. The minimum atomic E-state index is 0.0412. The summed E-state index contributed by atoms with van der Waals surface area (Å²) in [7, 11) is 1.61. The highest BCUT2D eigenvalue weighted by atomic mass is 16.5. The summed E-state index contributed by atoms with van der Waals surface area (Å²) < 4.78 is 11.0. The summed E-state index contributed by atoms with van der Waals surface area (Å²) in [6, 6.07) is 12.8. The van der Waals surface area contributed by atoms with Gasteiger partial charge in [0, 0.05) is 5.56 Å². The second-order valence-corrected chi connectivity index (χ2v) is 4.19. The molecule has 0 spiro atoms. The van der Waals surface area contributed by atoms with E-state index in [1.165, 1.54) is 0 Å². The van der Waals surface area contributed by atoms with Gasteiger partial charge >= 0.3 is 0 Å². The Balaban J connectivity index is 2.23. The lowest BCUT2D eigenvalue weighted by Gasteiger charge is -2.11. The van der Waals surface area contributed by atoms with Crippen molar-refractivity contribution in [3.05, 3.63) is 53.6 Å². The number of benzene rings is 2. The van der Waals surface area contributed by atoms with Crippen molar-refractivity contribution in [3.8, 4) is 17.2 Å². The zero-order valence-corrected chi connectivity index (χ0v) is 10.9. The van der Waals surface area contributed by atoms with Crippen LogP contribution in [0.4, 0.5) is 0 Å². The van der Waals surface area contributed by atoms with Crippen molar-refractivity contribution >= 4 is 5.84 Å². The fourth-order valence-corrected chi connectivity index (χ4v) is 1.69. The van der Waals surface area contributed by atoms with Gasteiger partial charge in [-0.2, -0.15) is 0 Å². The van der Waals surface area contributed by atoms with Crippen molar-refractivity contribution in [3.63, 3.8) is 0 Å². The van der Waals surface area contributed by atoms with Gasteiger partial charge in [0.1, 0.15) is 11.6 Å². The Morgan fingerprint density at radius 3 is 2.32 bits per heavy atom. The lowest BCUT2D eigenvalue weighted by atomic mass is 10.2. The molecule has 0 aliphatic heterocycles. The number of aryl methyl sites for hydroxylation is 1. The minimum absolute atomic E-state index is 0.0412. The van der Waals surface area contributed by atoms with Crippen LogP contribution in [0.2, 0.25) is 0 Å². The van der Waals surface area contributed by atoms with E-state index in [2.05, 4.69) is 0 Å². The van der Waals surface area contributed by atoms with Gasteiger partial charge in [-0.15, -0.1) is 0 Å². The molecular weight excluding hydrogens is 240 g/mol. The Hall–Kier alpha value is -2.49. The van der Waals surface area contributed by atoms with E-state index >= 15 is 0 Å².